The molecule has 0 aliphatic heterocycles. The third-order valence-electron chi connectivity index (χ3n) is 3.38. The number of thiocarbonyl (C=S) groups is 1. The summed E-state index contributed by atoms with van der Waals surface area (Å²) in [5, 5.41) is 0. The maximum atomic E-state index is 12.6. The lowest BCUT2D eigenvalue weighted by Crippen LogP contribution is -2.51. The number of ether oxygens (including phenoxy) is 1. The molecule has 0 radical (unpaired) electrons. The van der Waals surface area contributed by atoms with Crippen LogP contribution in [0.25, 0.3) is 0 Å². The van der Waals surface area contributed by atoms with Crippen molar-refractivity contribution in [1.29, 1.82) is 0 Å². The predicted molar refractivity (Wildman–Crippen MR) is 78.7 cm³/mol. The van der Waals surface area contributed by atoms with Crippen molar-refractivity contribution in [3.8, 4) is 0 Å². The average Bonchev–Trinajstić information content (AvgIpc) is 2.37. The van der Waals surface area contributed by atoms with E-state index in [0.29, 0.717) is 26.0 Å². The lowest BCUT2D eigenvalue weighted by Gasteiger charge is -2.34. The largest absolute Gasteiger partial charge is 0.465 e. The highest BCUT2D eigenvalue weighted by Crippen LogP contribution is 2.29. The number of nitrogens with zero attached hydrogens (tertiary/aromatic N) is 1. The van der Waals surface area contributed by atoms with Crippen LogP contribution in [0.1, 0.15) is 40.5 Å². The summed E-state index contributed by atoms with van der Waals surface area (Å²) < 4.78 is 4.87. The van der Waals surface area contributed by atoms with E-state index in [-0.39, 0.29) is 17.4 Å². The second kappa shape index (κ2) is 8.09. The van der Waals surface area contributed by atoms with Crippen molar-refractivity contribution in [2.75, 3.05) is 19.7 Å². The van der Waals surface area contributed by atoms with Crippen molar-refractivity contribution in [3.05, 3.63) is 0 Å². The summed E-state index contributed by atoms with van der Waals surface area (Å²) in [7, 11) is 0. The molecule has 0 aromatic rings. The first-order chi connectivity index (χ1) is 8.89. The van der Waals surface area contributed by atoms with Gasteiger partial charge in [0.15, 0.2) is 0 Å². The van der Waals surface area contributed by atoms with Crippen LogP contribution in [-0.4, -0.2) is 41.5 Å². The number of rotatable bonds is 8. The molecule has 1 amide bonds. The van der Waals surface area contributed by atoms with Gasteiger partial charge in [-0.15, -0.1) is 0 Å². The lowest BCUT2D eigenvalue weighted by atomic mass is 9.80. The van der Waals surface area contributed by atoms with Gasteiger partial charge in [-0.1, -0.05) is 26.1 Å². The molecular formula is C13H24N2O3S. The molecule has 0 saturated carbocycles. The second-order valence-corrected chi connectivity index (χ2v) is 4.72. The summed E-state index contributed by atoms with van der Waals surface area (Å²) in [5.74, 6) is -0.609. The highest BCUT2D eigenvalue weighted by molar-refractivity contribution is 7.80. The number of nitrogens with two attached hydrogens (primary N) is 1. The van der Waals surface area contributed by atoms with Gasteiger partial charge in [-0.25, -0.2) is 0 Å². The summed E-state index contributed by atoms with van der Waals surface area (Å²) in [4.78, 5) is 25.7. The maximum Gasteiger partial charge on any atom is 0.325 e. The standard InChI is InChI=1S/C13H24N2O3S/c1-5-13(6-2,11(14)19)12(17)15(7-3)9-10(16)18-8-4/h5-9H2,1-4H3,(H2,14,19). The van der Waals surface area contributed by atoms with Crippen molar-refractivity contribution < 1.29 is 14.3 Å². The Morgan fingerprint density at radius 2 is 1.74 bits per heavy atom. The van der Waals surface area contributed by atoms with Gasteiger partial charge < -0.3 is 15.4 Å². The summed E-state index contributed by atoms with van der Waals surface area (Å²) in [6.07, 6.45) is 1.05. The molecule has 0 atom stereocenters. The molecule has 6 heteroatoms. The number of carbonyl (C=O) groups is 2. The molecule has 2 N–H and O–H groups in total. The zero-order valence-corrected chi connectivity index (χ0v) is 13.0. The van der Waals surface area contributed by atoms with Gasteiger partial charge >= 0.3 is 5.97 Å². The predicted octanol–water partition coefficient (Wildman–Crippen LogP) is 1.49. The Bertz CT molecular complexity index is 341. The van der Waals surface area contributed by atoms with E-state index in [0.717, 1.165) is 0 Å². The van der Waals surface area contributed by atoms with Crippen LogP contribution < -0.4 is 5.73 Å². The molecular weight excluding hydrogens is 264 g/mol. The monoisotopic (exact) mass is 288 g/mol. The number of likely N-dealkylation sites (N-methyl/N-ethyl adjacent to an activating group) is 1. The van der Waals surface area contributed by atoms with E-state index in [1.54, 1.807) is 6.92 Å². The third-order valence-corrected chi connectivity index (χ3v) is 3.77. The Hall–Kier alpha value is -1.17. The number of hydrogen-bond donors (Lipinski definition) is 1. The zero-order chi connectivity index (χ0) is 15.1. The van der Waals surface area contributed by atoms with Gasteiger partial charge in [0, 0.05) is 6.54 Å². The van der Waals surface area contributed by atoms with Crippen LogP contribution in [-0.2, 0) is 14.3 Å². The normalized spacial score (nSPS) is 10.9. The van der Waals surface area contributed by atoms with Crippen LogP contribution in [0.15, 0.2) is 0 Å². The van der Waals surface area contributed by atoms with Crippen LogP contribution in [0, 0.1) is 5.41 Å². The molecule has 5 nitrogen and oxygen atoms in total. The van der Waals surface area contributed by atoms with Gasteiger partial charge in [0.25, 0.3) is 0 Å². The van der Waals surface area contributed by atoms with Crippen LogP contribution in [0.4, 0.5) is 0 Å². The molecule has 0 spiro atoms. The fraction of sp³-hybridized carbons (Fsp3) is 0.769. The molecule has 19 heavy (non-hydrogen) atoms. The molecule has 0 heterocycles. The lowest BCUT2D eigenvalue weighted by molar-refractivity contribution is -0.151. The van der Waals surface area contributed by atoms with Gasteiger partial charge in [0.1, 0.15) is 6.54 Å². The van der Waals surface area contributed by atoms with Gasteiger partial charge in [-0.3, -0.25) is 9.59 Å². The minimum Gasteiger partial charge on any atom is -0.465 e. The quantitative estimate of drug-likeness (QED) is 0.541. The van der Waals surface area contributed by atoms with E-state index >= 15 is 0 Å². The topological polar surface area (TPSA) is 72.6 Å². The average molecular weight is 288 g/mol. The smallest absolute Gasteiger partial charge is 0.325 e. The van der Waals surface area contributed by atoms with Crippen molar-refractivity contribution >= 4 is 29.1 Å². The van der Waals surface area contributed by atoms with E-state index in [9.17, 15) is 9.59 Å². The minimum absolute atomic E-state index is 0.0620. The Balaban J connectivity index is 5.09. The Morgan fingerprint density at radius 3 is 2.05 bits per heavy atom. The zero-order valence-electron chi connectivity index (χ0n) is 12.2. The van der Waals surface area contributed by atoms with Crippen molar-refractivity contribution in [2.45, 2.75) is 40.5 Å². The van der Waals surface area contributed by atoms with Crippen molar-refractivity contribution in [3.63, 3.8) is 0 Å². The van der Waals surface area contributed by atoms with Gasteiger partial charge in [-0.2, -0.15) is 0 Å². The van der Waals surface area contributed by atoms with Crippen molar-refractivity contribution in [1.82, 2.24) is 4.90 Å². The van der Waals surface area contributed by atoms with Gasteiger partial charge in [0.2, 0.25) is 5.91 Å². The van der Waals surface area contributed by atoms with Gasteiger partial charge in [0.05, 0.1) is 17.0 Å². The number of carbonyl (C=O) groups excluding carboxylic acids is 2. The summed E-state index contributed by atoms with van der Waals surface area (Å²) >= 11 is 5.05. The van der Waals surface area contributed by atoms with E-state index in [4.69, 9.17) is 22.7 Å². The number of esters is 1. The minimum atomic E-state index is -0.863. The molecule has 0 saturated heterocycles. The summed E-state index contributed by atoms with van der Waals surface area (Å²) in [6.45, 7) is 7.94. The van der Waals surface area contributed by atoms with Gasteiger partial charge in [-0.05, 0) is 26.7 Å². The molecule has 0 fully saturated rings. The Kier molecular flexibility index (Phi) is 7.59. The number of hydrogen-bond acceptors (Lipinski definition) is 4. The van der Waals surface area contributed by atoms with Crippen LogP contribution in [0.2, 0.25) is 0 Å². The molecule has 0 unspecified atom stereocenters. The molecule has 110 valence electrons. The highest BCUT2D eigenvalue weighted by Gasteiger charge is 2.41. The van der Waals surface area contributed by atoms with E-state index in [2.05, 4.69) is 0 Å². The van der Waals surface area contributed by atoms with E-state index in [1.165, 1.54) is 4.90 Å². The molecule has 0 bridgehead atoms. The maximum absolute atomic E-state index is 12.6. The molecule has 0 aliphatic rings. The SMILES string of the molecule is CCOC(=O)CN(CC)C(=O)C(CC)(CC)C(N)=S. The van der Waals surface area contributed by atoms with Crippen molar-refractivity contribution in [2.24, 2.45) is 11.1 Å². The number of amides is 1. The van der Waals surface area contributed by atoms with Crippen LogP contribution in [0.3, 0.4) is 0 Å². The first-order valence-corrected chi connectivity index (χ1v) is 7.05. The highest BCUT2D eigenvalue weighted by atomic mass is 32.1. The first-order valence-electron chi connectivity index (χ1n) is 6.64. The fourth-order valence-corrected chi connectivity index (χ4v) is 2.37. The summed E-state index contributed by atoms with van der Waals surface area (Å²) in [5.41, 5.74) is 4.88. The molecule has 0 aromatic heterocycles. The third kappa shape index (κ3) is 4.16. The fourth-order valence-electron chi connectivity index (χ4n) is 2.00. The van der Waals surface area contributed by atoms with E-state index in [1.807, 2.05) is 20.8 Å². The first kappa shape index (κ1) is 17.8. The Labute approximate surface area is 120 Å². The van der Waals surface area contributed by atoms with Crippen LogP contribution >= 0.6 is 12.2 Å². The van der Waals surface area contributed by atoms with E-state index < -0.39 is 11.4 Å². The Morgan fingerprint density at radius 1 is 1.21 bits per heavy atom. The second-order valence-electron chi connectivity index (χ2n) is 4.28. The summed E-state index contributed by atoms with van der Waals surface area (Å²) in [6, 6.07) is 0. The molecule has 0 aromatic carbocycles. The molecule has 0 rings (SSSR count). The molecule has 0 aliphatic carbocycles. The van der Waals surface area contributed by atoms with Crippen LogP contribution in [0.5, 0.6) is 0 Å².